The zero-order valence-electron chi connectivity index (χ0n) is 15.1. The lowest BCUT2D eigenvalue weighted by Gasteiger charge is -2.12. The molecule has 0 fully saturated rings. The van der Waals surface area contributed by atoms with E-state index in [9.17, 15) is 10.1 Å². The van der Waals surface area contributed by atoms with Crippen LogP contribution in [0.5, 0.6) is 0 Å². The summed E-state index contributed by atoms with van der Waals surface area (Å²) in [7, 11) is 1.33. The number of aromatic nitrogens is 2. The molecule has 0 unspecified atom stereocenters. The molecule has 1 heterocycles. The van der Waals surface area contributed by atoms with Crippen LogP contribution in [-0.2, 0) is 4.74 Å². The zero-order chi connectivity index (χ0) is 20.1. The molecule has 1 N–H and O–H groups in total. The smallest absolute Gasteiger partial charge is 0.337 e. The van der Waals surface area contributed by atoms with E-state index < -0.39 is 5.97 Å². The maximum absolute atomic E-state index is 11.6. The first-order chi connectivity index (χ1) is 13.5. The van der Waals surface area contributed by atoms with Crippen molar-refractivity contribution in [3.05, 3.63) is 64.7 Å². The molecule has 3 rings (SSSR count). The fourth-order valence-corrected chi connectivity index (χ4v) is 2.98. The first-order valence-corrected chi connectivity index (χ1v) is 9.73. The highest BCUT2D eigenvalue weighted by molar-refractivity contribution is 7.98. The molecule has 0 spiro atoms. The van der Waals surface area contributed by atoms with Crippen molar-refractivity contribution in [1.82, 2.24) is 9.97 Å². The number of nitriles is 1. The molecular weight excluding hydrogens is 396 g/mol. The van der Waals surface area contributed by atoms with Gasteiger partial charge in [0.1, 0.15) is 11.6 Å². The highest BCUT2D eigenvalue weighted by atomic mass is 35.5. The van der Waals surface area contributed by atoms with Gasteiger partial charge in [0.2, 0.25) is 0 Å². The number of hydrogen-bond acceptors (Lipinski definition) is 7. The van der Waals surface area contributed by atoms with Crippen molar-refractivity contribution in [2.75, 3.05) is 18.7 Å². The number of hydrogen-bond donors (Lipinski definition) is 1. The highest BCUT2D eigenvalue weighted by Gasteiger charge is 2.16. The number of anilines is 2. The lowest BCUT2D eigenvalue weighted by atomic mass is 10.1. The zero-order valence-corrected chi connectivity index (χ0v) is 16.6. The lowest BCUT2D eigenvalue weighted by Crippen LogP contribution is -2.04. The van der Waals surface area contributed by atoms with Crippen molar-refractivity contribution < 1.29 is 9.53 Å². The molecule has 0 saturated heterocycles. The molecule has 6 nitrogen and oxygen atoms in total. The maximum Gasteiger partial charge on any atom is 0.337 e. The Morgan fingerprint density at radius 1 is 1.14 bits per heavy atom. The summed E-state index contributed by atoms with van der Waals surface area (Å²) in [5.74, 6) is -0.0291. The second kappa shape index (κ2) is 8.74. The van der Waals surface area contributed by atoms with Gasteiger partial charge in [-0.3, -0.25) is 0 Å². The van der Waals surface area contributed by atoms with Crippen molar-refractivity contribution in [2.24, 2.45) is 0 Å². The molecule has 0 radical (unpaired) electrons. The van der Waals surface area contributed by atoms with E-state index in [-0.39, 0.29) is 0 Å². The first kappa shape index (κ1) is 19.7. The molecule has 0 atom stereocenters. The van der Waals surface area contributed by atoms with Gasteiger partial charge in [0.15, 0.2) is 11.0 Å². The van der Waals surface area contributed by atoms with Gasteiger partial charge in [-0.05, 0) is 42.7 Å². The molecule has 0 bridgehead atoms. The van der Waals surface area contributed by atoms with Crippen LogP contribution < -0.4 is 5.32 Å². The number of nitrogens with zero attached hydrogens (tertiary/aromatic N) is 3. The van der Waals surface area contributed by atoms with Crippen molar-refractivity contribution >= 4 is 40.8 Å². The molecule has 0 aliphatic carbocycles. The van der Waals surface area contributed by atoms with Crippen molar-refractivity contribution in [2.45, 2.75) is 5.16 Å². The molecule has 3 aromatic rings. The van der Waals surface area contributed by atoms with Gasteiger partial charge in [0.25, 0.3) is 0 Å². The molecular formula is C20H15ClN4O2S. The van der Waals surface area contributed by atoms with E-state index in [0.29, 0.717) is 38.5 Å². The minimum Gasteiger partial charge on any atom is -0.465 e. The number of methoxy groups -OCH3 is 1. The molecule has 0 saturated carbocycles. The van der Waals surface area contributed by atoms with E-state index >= 15 is 0 Å². The summed E-state index contributed by atoms with van der Waals surface area (Å²) in [6.45, 7) is 0. The van der Waals surface area contributed by atoms with Crippen LogP contribution in [0.15, 0.2) is 53.7 Å². The van der Waals surface area contributed by atoms with Gasteiger partial charge in [-0.25, -0.2) is 14.8 Å². The Hall–Kier alpha value is -3.08. The summed E-state index contributed by atoms with van der Waals surface area (Å²) in [4.78, 5) is 20.5. The normalized spacial score (nSPS) is 10.2. The number of benzene rings is 2. The van der Waals surface area contributed by atoms with Crippen molar-refractivity contribution in [3.8, 4) is 17.3 Å². The van der Waals surface area contributed by atoms with E-state index in [1.807, 2.05) is 18.4 Å². The second-order valence-electron chi connectivity index (χ2n) is 5.60. The fraction of sp³-hybridized carbons (Fsp3) is 0.100. The number of rotatable bonds is 5. The number of halogens is 1. The molecule has 140 valence electrons. The SMILES string of the molecule is COC(=O)c1ccc(Nc2nc(SC)nc(-c3ccc(Cl)cc3)c2C#N)cc1. The molecule has 8 heteroatoms. The Bertz CT molecular complexity index is 1050. The summed E-state index contributed by atoms with van der Waals surface area (Å²) in [6.07, 6.45) is 1.86. The van der Waals surface area contributed by atoms with Gasteiger partial charge in [-0.15, -0.1) is 0 Å². The third-order valence-electron chi connectivity index (χ3n) is 3.87. The standard InChI is InChI=1S/C20H15ClN4O2S/c1-27-19(26)13-5-9-15(10-6-13)23-18-16(11-22)17(24-20(25-18)28-2)12-3-7-14(21)8-4-12/h3-10H,1-2H3,(H,23,24,25). The first-order valence-electron chi connectivity index (χ1n) is 8.13. The Balaban J connectivity index is 2.03. The average Bonchev–Trinajstić information content (AvgIpc) is 2.73. The van der Waals surface area contributed by atoms with Gasteiger partial charge in [-0.1, -0.05) is 35.5 Å². The average molecular weight is 411 g/mol. The predicted molar refractivity (Wildman–Crippen MR) is 110 cm³/mol. The van der Waals surface area contributed by atoms with Crippen LogP contribution >= 0.6 is 23.4 Å². The predicted octanol–water partition coefficient (Wildman–Crippen LogP) is 4.92. The van der Waals surface area contributed by atoms with Crippen LogP contribution in [0.3, 0.4) is 0 Å². The Labute approximate surface area is 171 Å². The van der Waals surface area contributed by atoms with Gasteiger partial charge < -0.3 is 10.1 Å². The van der Waals surface area contributed by atoms with E-state index in [0.717, 1.165) is 5.56 Å². The van der Waals surface area contributed by atoms with Crippen LogP contribution in [0.1, 0.15) is 15.9 Å². The number of thioether (sulfide) groups is 1. The van der Waals surface area contributed by atoms with Crippen LogP contribution in [0.4, 0.5) is 11.5 Å². The summed E-state index contributed by atoms with van der Waals surface area (Å²) in [5.41, 5.74) is 2.71. The van der Waals surface area contributed by atoms with Crippen LogP contribution in [-0.4, -0.2) is 29.3 Å². The third kappa shape index (κ3) is 4.25. The molecule has 28 heavy (non-hydrogen) atoms. The van der Waals surface area contributed by atoms with Gasteiger partial charge in [0.05, 0.1) is 18.4 Å². The number of carbonyl (C=O) groups is 1. The van der Waals surface area contributed by atoms with E-state index in [2.05, 4.69) is 21.4 Å². The van der Waals surface area contributed by atoms with E-state index in [4.69, 9.17) is 16.3 Å². The Morgan fingerprint density at radius 2 is 1.82 bits per heavy atom. The van der Waals surface area contributed by atoms with Crippen molar-refractivity contribution in [3.63, 3.8) is 0 Å². The molecule has 2 aromatic carbocycles. The second-order valence-corrected chi connectivity index (χ2v) is 6.80. The summed E-state index contributed by atoms with van der Waals surface area (Å²) < 4.78 is 4.70. The van der Waals surface area contributed by atoms with Crippen LogP contribution in [0, 0.1) is 11.3 Å². The minimum absolute atomic E-state index is 0.317. The van der Waals surface area contributed by atoms with Crippen molar-refractivity contribution in [1.29, 1.82) is 5.26 Å². The third-order valence-corrected chi connectivity index (χ3v) is 4.67. The Morgan fingerprint density at radius 3 is 2.39 bits per heavy atom. The van der Waals surface area contributed by atoms with Gasteiger partial charge in [0, 0.05) is 16.3 Å². The van der Waals surface area contributed by atoms with Gasteiger partial charge in [-0.2, -0.15) is 5.26 Å². The monoisotopic (exact) mass is 410 g/mol. The summed E-state index contributed by atoms with van der Waals surface area (Å²) >= 11 is 7.34. The summed E-state index contributed by atoms with van der Waals surface area (Å²) in [6, 6.07) is 16.0. The highest BCUT2D eigenvalue weighted by Crippen LogP contribution is 2.30. The largest absolute Gasteiger partial charge is 0.465 e. The number of ether oxygens (including phenoxy) is 1. The lowest BCUT2D eigenvalue weighted by molar-refractivity contribution is 0.0601. The molecule has 0 aliphatic rings. The number of nitrogens with one attached hydrogen (secondary N) is 1. The minimum atomic E-state index is -0.416. The molecule has 0 aliphatic heterocycles. The quantitative estimate of drug-likeness (QED) is 0.362. The fourth-order valence-electron chi connectivity index (χ4n) is 2.49. The number of carbonyl (C=O) groups excluding carboxylic acids is 1. The molecule has 0 amide bonds. The number of esters is 1. The van der Waals surface area contributed by atoms with Crippen LogP contribution in [0.2, 0.25) is 5.02 Å². The Kier molecular flexibility index (Phi) is 6.14. The maximum atomic E-state index is 11.6. The van der Waals surface area contributed by atoms with E-state index in [1.165, 1.54) is 18.9 Å². The van der Waals surface area contributed by atoms with Gasteiger partial charge >= 0.3 is 5.97 Å². The summed E-state index contributed by atoms with van der Waals surface area (Å²) in [5, 5.41) is 14.0. The topological polar surface area (TPSA) is 87.9 Å². The molecule has 1 aromatic heterocycles. The van der Waals surface area contributed by atoms with E-state index in [1.54, 1.807) is 36.4 Å². The van der Waals surface area contributed by atoms with Crippen LogP contribution in [0.25, 0.3) is 11.3 Å².